The molecule has 0 aliphatic heterocycles. The highest BCUT2D eigenvalue weighted by Gasteiger charge is 2.20. The third-order valence-corrected chi connectivity index (χ3v) is 3.01. The van der Waals surface area contributed by atoms with Gasteiger partial charge in [0.25, 0.3) is 0 Å². The van der Waals surface area contributed by atoms with Crippen molar-refractivity contribution in [3.63, 3.8) is 0 Å². The van der Waals surface area contributed by atoms with E-state index in [1.54, 1.807) is 4.68 Å². The van der Waals surface area contributed by atoms with E-state index in [2.05, 4.69) is 33.0 Å². The average molecular weight is 229 g/mol. The van der Waals surface area contributed by atoms with Crippen LogP contribution in [-0.2, 0) is 0 Å². The summed E-state index contributed by atoms with van der Waals surface area (Å²) >= 11 is 0. The molecule has 0 bridgehead atoms. The summed E-state index contributed by atoms with van der Waals surface area (Å²) in [7, 11) is 0. The molecule has 0 unspecified atom stereocenters. The maximum atomic E-state index is 3.96. The normalized spacial score (nSPS) is 14.9. The molecule has 3 rings (SSSR count). The summed E-state index contributed by atoms with van der Waals surface area (Å²) in [5.41, 5.74) is 2.12. The Morgan fingerprint density at radius 2 is 2.29 bits per heavy atom. The Kier molecular flexibility index (Phi) is 2.51. The van der Waals surface area contributed by atoms with Gasteiger partial charge in [-0.1, -0.05) is 6.07 Å². The molecule has 1 saturated carbocycles. The minimum atomic E-state index is 0.796. The summed E-state index contributed by atoms with van der Waals surface area (Å²) in [6, 6.07) is 8.18. The van der Waals surface area contributed by atoms with Gasteiger partial charge >= 0.3 is 0 Å². The van der Waals surface area contributed by atoms with Gasteiger partial charge in [-0.3, -0.25) is 0 Å². The van der Waals surface area contributed by atoms with Gasteiger partial charge in [-0.15, -0.1) is 5.10 Å². The molecule has 0 spiro atoms. The number of nitrogens with one attached hydrogen (secondary N) is 1. The van der Waals surface area contributed by atoms with Crippen LogP contribution in [0.3, 0.4) is 0 Å². The first-order valence-corrected chi connectivity index (χ1v) is 5.92. The predicted molar refractivity (Wildman–Crippen MR) is 65.1 cm³/mol. The van der Waals surface area contributed by atoms with Crippen LogP contribution in [0.5, 0.6) is 0 Å². The fourth-order valence-corrected chi connectivity index (χ4v) is 1.80. The Balaban J connectivity index is 1.80. The Morgan fingerprint density at radius 3 is 3.00 bits per heavy atom. The van der Waals surface area contributed by atoms with Gasteiger partial charge < -0.3 is 5.32 Å². The summed E-state index contributed by atoms with van der Waals surface area (Å²) < 4.78 is 1.74. The van der Waals surface area contributed by atoms with Crippen LogP contribution < -0.4 is 5.32 Å². The molecular weight excluding hydrogens is 214 g/mol. The fraction of sp³-hybridized carbons (Fsp3) is 0.417. The molecular formula is C12H15N5. The second-order valence-corrected chi connectivity index (χ2v) is 4.51. The molecule has 5 nitrogen and oxygen atoms in total. The second-order valence-electron chi connectivity index (χ2n) is 4.51. The number of benzene rings is 1. The predicted octanol–water partition coefficient (Wildman–Crippen LogP) is 1.79. The molecule has 1 fully saturated rings. The first-order valence-electron chi connectivity index (χ1n) is 5.92. The van der Waals surface area contributed by atoms with Crippen molar-refractivity contribution >= 4 is 5.69 Å². The Bertz CT molecular complexity index is 515. The van der Waals surface area contributed by atoms with E-state index in [4.69, 9.17) is 0 Å². The first kappa shape index (κ1) is 10.3. The van der Waals surface area contributed by atoms with Gasteiger partial charge in [-0.2, -0.15) is 4.68 Å². The molecule has 1 aromatic heterocycles. The Morgan fingerprint density at radius 1 is 1.41 bits per heavy atom. The van der Waals surface area contributed by atoms with Crippen LogP contribution >= 0.6 is 0 Å². The molecule has 1 heterocycles. The minimum absolute atomic E-state index is 0.796. The van der Waals surface area contributed by atoms with Crippen molar-refractivity contribution in [3.8, 4) is 5.69 Å². The largest absolute Gasteiger partial charge is 0.385 e. The van der Waals surface area contributed by atoms with Crippen molar-refractivity contribution in [1.29, 1.82) is 0 Å². The number of aryl methyl sites for hydroxylation is 1. The number of anilines is 1. The van der Waals surface area contributed by atoms with Crippen LogP contribution in [0, 0.1) is 12.8 Å². The summed E-state index contributed by atoms with van der Waals surface area (Å²) in [6.07, 6.45) is 2.72. The molecule has 0 amide bonds. The van der Waals surface area contributed by atoms with Gasteiger partial charge in [-0.25, -0.2) is 0 Å². The van der Waals surface area contributed by atoms with Gasteiger partial charge in [0.2, 0.25) is 0 Å². The lowest BCUT2D eigenvalue weighted by atomic mass is 10.2. The highest BCUT2D eigenvalue weighted by Crippen LogP contribution is 2.29. The number of hydrogen-bond acceptors (Lipinski definition) is 4. The van der Waals surface area contributed by atoms with E-state index >= 15 is 0 Å². The smallest absolute Gasteiger partial charge is 0.153 e. The molecule has 5 heteroatoms. The molecule has 1 aromatic carbocycles. The third-order valence-electron chi connectivity index (χ3n) is 3.01. The van der Waals surface area contributed by atoms with Crippen LogP contribution in [0.1, 0.15) is 18.7 Å². The first-order chi connectivity index (χ1) is 8.33. The molecule has 17 heavy (non-hydrogen) atoms. The van der Waals surface area contributed by atoms with E-state index in [0.717, 1.165) is 29.7 Å². The summed E-state index contributed by atoms with van der Waals surface area (Å²) in [4.78, 5) is 0. The van der Waals surface area contributed by atoms with Crippen LogP contribution in [0.15, 0.2) is 24.3 Å². The maximum absolute atomic E-state index is 3.96. The lowest BCUT2D eigenvalue weighted by molar-refractivity contribution is 0.779. The van der Waals surface area contributed by atoms with Crippen molar-refractivity contribution in [2.24, 2.45) is 5.92 Å². The molecule has 1 aliphatic carbocycles. The topological polar surface area (TPSA) is 55.6 Å². The molecule has 88 valence electrons. The van der Waals surface area contributed by atoms with Crippen LogP contribution in [0.25, 0.3) is 5.69 Å². The highest BCUT2D eigenvalue weighted by atomic mass is 15.5. The molecule has 0 radical (unpaired) electrons. The zero-order valence-electron chi connectivity index (χ0n) is 9.80. The Hall–Kier alpha value is -1.91. The monoisotopic (exact) mass is 229 g/mol. The average Bonchev–Trinajstić information content (AvgIpc) is 3.08. The summed E-state index contributed by atoms with van der Waals surface area (Å²) in [5.74, 6) is 1.66. The second kappa shape index (κ2) is 4.16. The third kappa shape index (κ3) is 2.27. The van der Waals surface area contributed by atoms with Crippen molar-refractivity contribution in [2.75, 3.05) is 11.9 Å². The van der Waals surface area contributed by atoms with E-state index in [1.165, 1.54) is 12.8 Å². The Labute approximate surface area is 99.8 Å². The quantitative estimate of drug-likeness (QED) is 0.868. The lowest BCUT2D eigenvalue weighted by Gasteiger charge is -2.07. The summed E-state index contributed by atoms with van der Waals surface area (Å²) in [5, 5.41) is 15.0. The number of nitrogens with zero attached hydrogens (tertiary/aromatic N) is 4. The molecule has 0 atom stereocenters. The van der Waals surface area contributed by atoms with Crippen molar-refractivity contribution in [1.82, 2.24) is 20.2 Å². The summed E-state index contributed by atoms with van der Waals surface area (Å²) in [6.45, 7) is 2.96. The molecule has 2 aromatic rings. The zero-order chi connectivity index (χ0) is 11.7. The molecule has 0 saturated heterocycles. The number of rotatable bonds is 4. The van der Waals surface area contributed by atoms with E-state index in [-0.39, 0.29) is 0 Å². The lowest BCUT2D eigenvalue weighted by Crippen LogP contribution is -2.05. The number of aromatic nitrogens is 4. The van der Waals surface area contributed by atoms with Gasteiger partial charge in [0.05, 0.1) is 5.69 Å². The highest BCUT2D eigenvalue weighted by molar-refractivity contribution is 5.51. The fourth-order valence-electron chi connectivity index (χ4n) is 1.80. The standard InChI is InChI=1S/C12H15N5/c1-9-14-15-16-17(9)12-4-2-3-11(7-12)13-8-10-5-6-10/h2-4,7,10,13H,5-6,8H2,1H3. The van der Waals surface area contributed by atoms with Gasteiger partial charge in [0, 0.05) is 12.2 Å². The number of tetrazole rings is 1. The van der Waals surface area contributed by atoms with Crippen molar-refractivity contribution in [3.05, 3.63) is 30.1 Å². The number of hydrogen-bond donors (Lipinski definition) is 1. The van der Waals surface area contributed by atoms with E-state index < -0.39 is 0 Å². The van der Waals surface area contributed by atoms with E-state index in [9.17, 15) is 0 Å². The maximum Gasteiger partial charge on any atom is 0.153 e. The van der Waals surface area contributed by atoms with Crippen molar-refractivity contribution < 1.29 is 0 Å². The minimum Gasteiger partial charge on any atom is -0.385 e. The van der Waals surface area contributed by atoms with Crippen molar-refractivity contribution in [2.45, 2.75) is 19.8 Å². The van der Waals surface area contributed by atoms with E-state index in [1.807, 2.05) is 19.1 Å². The van der Waals surface area contributed by atoms with Gasteiger partial charge in [0.1, 0.15) is 0 Å². The van der Waals surface area contributed by atoms with Gasteiger partial charge in [0.15, 0.2) is 5.82 Å². The van der Waals surface area contributed by atoms with Crippen LogP contribution in [-0.4, -0.2) is 26.8 Å². The van der Waals surface area contributed by atoms with E-state index in [0.29, 0.717) is 0 Å². The molecule has 1 aliphatic rings. The van der Waals surface area contributed by atoms with Crippen LogP contribution in [0.2, 0.25) is 0 Å². The van der Waals surface area contributed by atoms with Crippen LogP contribution in [0.4, 0.5) is 5.69 Å². The molecule has 1 N–H and O–H groups in total. The zero-order valence-corrected chi connectivity index (χ0v) is 9.80. The van der Waals surface area contributed by atoms with Gasteiger partial charge in [-0.05, 0) is 54.3 Å². The SMILES string of the molecule is Cc1nnnn1-c1cccc(NCC2CC2)c1.